The average Bonchev–Trinajstić information content (AvgIpc) is 2.72. The quantitative estimate of drug-likeness (QED) is 0.532. The number of para-hydroxylation sites is 1. The zero-order chi connectivity index (χ0) is 21.2. The molecule has 29 heavy (non-hydrogen) atoms. The fraction of sp³-hybridized carbons (Fsp3) is 0.391. The molecule has 0 radical (unpaired) electrons. The Balaban J connectivity index is 2.11. The molecule has 2 aromatic rings. The molecule has 6 heteroatoms. The zero-order valence-corrected chi connectivity index (χ0v) is 18.9. The third-order valence-corrected chi connectivity index (χ3v) is 5.24. The molecule has 5 nitrogen and oxygen atoms in total. The van der Waals surface area contributed by atoms with Crippen LogP contribution in [-0.4, -0.2) is 35.9 Å². The first kappa shape index (κ1) is 22.9. The Labute approximate surface area is 181 Å². The lowest BCUT2D eigenvalue weighted by Crippen LogP contribution is -2.49. The fourth-order valence-corrected chi connectivity index (χ4v) is 3.11. The second kappa shape index (κ2) is 11.6. The highest BCUT2D eigenvalue weighted by atomic mass is 79.9. The SMILES string of the molecule is CCCCNC(=O)[C@@H](C)N(Cc1ccc(Br)cc1)C(=O)COc1ccccc1C. The summed E-state index contributed by atoms with van der Waals surface area (Å²) >= 11 is 3.42. The molecular formula is C23H29BrN2O3. The summed E-state index contributed by atoms with van der Waals surface area (Å²) in [5, 5.41) is 2.92. The van der Waals surface area contributed by atoms with Crippen molar-refractivity contribution >= 4 is 27.7 Å². The van der Waals surface area contributed by atoms with E-state index in [1.807, 2.05) is 55.5 Å². The molecule has 2 rings (SSSR count). The molecule has 0 aliphatic heterocycles. The summed E-state index contributed by atoms with van der Waals surface area (Å²) in [7, 11) is 0. The summed E-state index contributed by atoms with van der Waals surface area (Å²) < 4.78 is 6.70. The molecule has 0 fully saturated rings. The van der Waals surface area contributed by atoms with Gasteiger partial charge in [0.25, 0.3) is 5.91 Å². The molecule has 1 atom stereocenters. The van der Waals surface area contributed by atoms with Gasteiger partial charge in [0.1, 0.15) is 11.8 Å². The number of carbonyl (C=O) groups excluding carboxylic acids is 2. The van der Waals surface area contributed by atoms with E-state index in [0.29, 0.717) is 18.8 Å². The van der Waals surface area contributed by atoms with Crippen LogP contribution in [0.25, 0.3) is 0 Å². The molecule has 2 aromatic carbocycles. The molecule has 0 saturated heterocycles. The van der Waals surface area contributed by atoms with E-state index in [1.165, 1.54) is 0 Å². The largest absolute Gasteiger partial charge is 0.484 e. The van der Waals surface area contributed by atoms with Gasteiger partial charge in [0, 0.05) is 17.6 Å². The molecule has 0 spiro atoms. The lowest BCUT2D eigenvalue weighted by molar-refractivity contribution is -0.142. The highest BCUT2D eigenvalue weighted by molar-refractivity contribution is 9.10. The first-order valence-corrected chi connectivity index (χ1v) is 10.7. The van der Waals surface area contributed by atoms with Gasteiger partial charge < -0.3 is 15.0 Å². The van der Waals surface area contributed by atoms with Crippen molar-refractivity contribution in [3.8, 4) is 5.75 Å². The van der Waals surface area contributed by atoms with Crippen molar-refractivity contribution in [3.05, 3.63) is 64.1 Å². The Morgan fingerprint density at radius 2 is 1.83 bits per heavy atom. The summed E-state index contributed by atoms with van der Waals surface area (Å²) in [5.74, 6) is 0.290. The van der Waals surface area contributed by atoms with E-state index >= 15 is 0 Å². The van der Waals surface area contributed by atoms with Gasteiger partial charge in [-0.15, -0.1) is 0 Å². The third kappa shape index (κ3) is 7.20. The van der Waals surface area contributed by atoms with Crippen molar-refractivity contribution in [2.75, 3.05) is 13.2 Å². The predicted octanol–water partition coefficient (Wildman–Crippen LogP) is 4.47. The van der Waals surface area contributed by atoms with Crippen LogP contribution in [0.4, 0.5) is 0 Å². The Morgan fingerprint density at radius 1 is 1.14 bits per heavy atom. The number of ether oxygens (including phenoxy) is 1. The number of benzene rings is 2. The van der Waals surface area contributed by atoms with Crippen molar-refractivity contribution in [1.29, 1.82) is 0 Å². The highest BCUT2D eigenvalue weighted by Crippen LogP contribution is 2.18. The fourth-order valence-electron chi connectivity index (χ4n) is 2.85. The minimum atomic E-state index is -0.594. The number of hydrogen-bond donors (Lipinski definition) is 1. The first-order chi connectivity index (χ1) is 13.9. The molecule has 1 N–H and O–H groups in total. The van der Waals surface area contributed by atoms with Gasteiger partial charge in [-0.05, 0) is 49.6 Å². The molecule has 156 valence electrons. The minimum Gasteiger partial charge on any atom is -0.484 e. The average molecular weight is 461 g/mol. The van der Waals surface area contributed by atoms with E-state index in [2.05, 4.69) is 28.2 Å². The lowest BCUT2D eigenvalue weighted by Gasteiger charge is -2.29. The predicted molar refractivity (Wildman–Crippen MR) is 119 cm³/mol. The molecule has 0 saturated carbocycles. The van der Waals surface area contributed by atoms with Gasteiger partial charge in [0.15, 0.2) is 6.61 Å². The van der Waals surface area contributed by atoms with Crippen molar-refractivity contribution < 1.29 is 14.3 Å². The zero-order valence-electron chi connectivity index (χ0n) is 17.3. The van der Waals surface area contributed by atoms with Crippen LogP contribution in [0.3, 0.4) is 0 Å². The number of nitrogens with zero attached hydrogens (tertiary/aromatic N) is 1. The van der Waals surface area contributed by atoms with Gasteiger partial charge in [0.05, 0.1) is 0 Å². The maximum absolute atomic E-state index is 13.0. The van der Waals surface area contributed by atoms with Crippen LogP contribution in [0.5, 0.6) is 5.75 Å². The number of aryl methyl sites for hydroxylation is 1. The van der Waals surface area contributed by atoms with E-state index in [-0.39, 0.29) is 18.4 Å². The lowest BCUT2D eigenvalue weighted by atomic mass is 10.1. The van der Waals surface area contributed by atoms with Crippen LogP contribution in [0, 0.1) is 6.92 Å². The standard InChI is InChI=1S/C23H29BrN2O3/c1-4-5-14-25-23(28)18(3)26(15-19-10-12-20(24)13-11-19)22(27)16-29-21-9-7-6-8-17(21)2/h6-13,18H,4-5,14-16H2,1-3H3,(H,25,28)/t18-/m1/s1. The molecule has 0 bridgehead atoms. The van der Waals surface area contributed by atoms with E-state index in [4.69, 9.17) is 4.74 Å². The van der Waals surface area contributed by atoms with Gasteiger partial charge in [-0.25, -0.2) is 0 Å². The number of rotatable bonds is 10. The first-order valence-electron chi connectivity index (χ1n) is 9.92. The van der Waals surface area contributed by atoms with Crippen LogP contribution in [0.2, 0.25) is 0 Å². The molecule has 0 aliphatic carbocycles. The number of nitrogens with one attached hydrogen (secondary N) is 1. The monoisotopic (exact) mass is 460 g/mol. The van der Waals surface area contributed by atoms with Crippen LogP contribution in [-0.2, 0) is 16.1 Å². The number of unbranched alkanes of at least 4 members (excludes halogenated alkanes) is 1. The van der Waals surface area contributed by atoms with Crippen LogP contribution in [0.15, 0.2) is 53.0 Å². The number of amides is 2. The molecule has 0 heterocycles. The second-order valence-electron chi connectivity index (χ2n) is 7.02. The topological polar surface area (TPSA) is 58.6 Å². The van der Waals surface area contributed by atoms with Crippen LogP contribution < -0.4 is 10.1 Å². The van der Waals surface area contributed by atoms with Crippen LogP contribution >= 0.6 is 15.9 Å². The summed E-state index contributed by atoms with van der Waals surface area (Å²) in [5.41, 5.74) is 1.91. The highest BCUT2D eigenvalue weighted by Gasteiger charge is 2.26. The number of halogens is 1. The molecular weight excluding hydrogens is 432 g/mol. The van der Waals surface area contributed by atoms with E-state index < -0.39 is 6.04 Å². The Bertz CT molecular complexity index is 808. The van der Waals surface area contributed by atoms with Gasteiger partial charge in [-0.3, -0.25) is 9.59 Å². The summed E-state index contributed by atoms with van der Waals surface area (Å²) in [6, 6.07) is 14.7. The van der Waals surface area contributed by atoms with Gasteiger partial charge in [-0.1, -0.05) is 59.6 Å². The molecule has 0 aromatic heterocycles. The molecule has 0 aliphatic rings. The van der Waals surface area contributed by atoms with E-state index in [0.717, 1.165) is 28.4 Å². The van der Waals surface area contributed by atoms with Gasteiger partial charge in [-0.2, -0.15) is 0 Å². The Morgan fingerprint density at radius 3 is 2.48 bits per heavy atom. The Kier molecular flexibility index (Phi) is 9.19. The van der Waals surface area contributed by atoms with Crippen molar-refractivity contribution in [2.45, 2.75) is 46.2 Å². The third-order valence-electron chi connectivity index (χ3n) is 4.71. The van der Waals surface area contributed by atoms with E-state index in [9.17, 15) is 9.59 Å². The number of carbonyl (C=O) groups is 2. The van der Waals surface area contributed by atoms with E-state index in [1.54, 1.807) is 11.8 Å². The maximum atomic E-state index is 13.0. The summed E-state index contributed by atoms with van der Waals surface area (Å²) in [4.78, 5) is 27.1. The number of hydrogen-bond acceptors (Lipinski definition) is 3. The Hall–Kier alpha value is -2.34. The van der Waals surface area contributed by atoms with Gasteiger partial charge in [0.2, 0.25) is 5.91 Å². The minimum absolute atomic E-state index is 0.117. The van der Waals surface area contributed by atoms with Gasteiger partial charge >= 0.3 is 0 Å². The normalized spacial score (nSPS) is 11.6. The maximum Gasteiger partial charge on any atom is 0.261 e. The van der Waals surface area contributed by atoms with Crippen molar-refractivity contribution in [2.24, 2.45) is 0 Å². The van der Waals surface area contributed by atoms with Crippen LogP contribution in [0.1, 0.15) is 37.8 Å². The van der Waals surface area contributed by atoms with Crippen molar-refractivity contribution in [1.82, 2.24) is 10.2 Å². The summed E-state index contributed by atoms with van der Waals surface area (Å²) in [6.07, 6.45) is 1.91. The smallest absolute Gasteiger partial charge is 0.261 e. The molecule has 2 amide bonds. The molecule has 0 unspecified atom stereocenters. The second-order valence-corrected chi connectivity index (χ2v) is 7.94. The summed E-state index contributed by atoms with van der Waals surface area (Å²) in [6.45, 7) is 6.59. The van der Waals surface area contributed by atoms with Crippen molar-refractivity contribution in [3.63, 3.8) is 0 Å².